The smallest absolute Gasteiger partial charge is 0.0521 e. The molecule has 76 valence electrons. The summed E-state index contributed by atoms with van der Waals surface area (Å²) in [5.74, 6) is 1.60. The fraction of sp³-hybridized carbons (Fsp3) is 0.833. The van der Waals surface area contributed by atoms with Gasteiger partial charge in [0, 0.05) is 0 Å². The van der Waals surface area contributed by atoms with Crippen LogP contribution in [0, 0.1) is 11.8 Å². The Labute approximate surface area is 87.4 Å². The van der Waals surface area contributed by atoms with Gasteiger partial charge in [0.1, 0.15) is 0 Å². The van der Waals surface area contributed by atoms with Gasteiger partial charge in [0.15, 0.2) is 0 Å². The van der Waals surface area contributed by atoms with Crippen molar-refractivity contribution < 1.29 is 0 Å². The van der Waals surface area contributed by atoms with Crippen LogP contribution in [0.25, 0.3) is 0 Å². The molecule has 0 fully saturated rings. The molecule has 0 spiro atoms. The quantitative estimate of drug-likeness (QED) is 0.469. The van der Waals surface area contributed by atoms with Crippen molar-refractivity contribution in [3.63, 3.8) is 0 Å². The number of hydrogen-bond acceptors (Lipinski definition) is 0. The first-order valence-electron chi connectivity index (χ1n) is 5.41. The molecule has 1 heteroatoms. The maximum Gasteiger partial charge on any atom is 0.0521 e. The minimum atomic E-state index is 0.297. The Kier molecular flexibility index (Phi) is 4.31. The Morgan fingerprint density at radius 1 is 1.54 bits per heavy atom. The van der Waals surface area contributed by atoms with E-state index in [1.165, 1.54) is 19.3 Å². The summed E-state index contributed by atoms with van der Waals surface area (Å²) in [4.78, 5) is 0. The van der Waals surface area contributed by atoms with Crippen molar-refractivity contribution in [2.24, 2.45) is 11.8 Å². The highest BCUT2D eigenvalue weighted by Crippen LogP contribution is 2.29. The van der Waals surface area contributed by atoms with Crippen molar-refractivity contribution in [2.45, 2.75) is 51.8 Å². The zero-order valence-electron chi connectivity index (χ0n) is 9.02. The van der Waals surface area contributed by atoms with Crippen molar-refractivity contribution in [2.75, 3.05) is 0 Å². The maximum atomic E-state index is 6.15. The summed E-state index contributed by atoms with van der Waals surface area (Å²) in [5, 5.41) is 0.297. The highest BCUT2D eigenvalue weighted by atomic mass is 35.5. The van der Waals surface area contributed by atoms with E-state index in [1.54, 1.807) is 5.57 Å². The lowest BCUT2D eigenvalue weighted by Crippen LogP contribution is -2.12. The number of alkyl halides is 1. The second-order valence-corrected chi connectivity index (χ2v) is 5.38. The molecule has 0 nitrogen and oxygen atoms in total. The lowest BCUT2D eigenvalue weighted by Gasteiger charge is -2.23. The number of rotatable bonds is 3. The summed E-state index contributed by atoms with van der Waals surface area (Å²) in [7, 11) is 0. The second-order valence-electron chi connectivity index (χ2n) is 4.82. The Hall–Kier alpha value is 0.0300. The third-order valence-electron chi connectivity index (χ3n) is 2.70. The third-order valence-corrected chi connectivity index (χ3v) is 3.00. The van der Waals surface area contributed by atoms with Crippen LogP contribution in [-0.4, -0.2) is 5.38 Å². The van der Waals surface area contributed by atoms with E-state index in [-0.39, 0.29) is 0 Å². The molecule has 1 rings (SSSR count). The van der Waals surface area contributed by atoms with Crippen LogP contribution in [0.1, 0.15) is 46.5 Å². The SMILES string of the molecule is CC(C)CCC1=CC(Cl)CC(C)C1. The fourth-order valence-corrected chi connectivity index (χ4v) is 2.45. The summed E-state index contributed by atoms with van der Waals surface area (Å²) in [6.07, 6.45) is 7.28. The van der Waals surface area contributed by atoms with Gasteiger partial charge in [-0.2, -0.15) is 0 Å². The summed E-state index contributed by atoms with van der Waals surface area (Å²) >= 11 is 6.15. The van der Waals surface area contributed by atoms with Crippen LogP contribution >= 0.6 is 11.6 Å². The van der Waals surface area contributed by atoms with Gasteiger partial charge in [0.25, 0.3) is 0 Å². The molecule has 2 atom stereocenters. The van der Waals surface area contributed by atoms with E-state index in [0.717, 1.165) is 18.3 Å². The molecule has 2 unspecified atom stereocenters. The van der Waals surface area contributed by atoms with E-state index < -0.39 is 0 Å². The predicted octanol–water partition coefficient (Wildman–Crippen LogP) is 4.39. The van der Waals surface area contributed by atoms with Crippen LogP contribution in [-0.2, 0) is 0 Å². The van der Waals surface area contributed by atoms with E-state index >= 15 is 0 Å². The summed E-state index contributed by atoms with van der Waals surface area (Å²) in [5.41, 5.74) is 1.59. The first-order valence-corrected chi connectivity index (χ1v) is 5.85. The topological polar surface area (TPSA) is 0 Å². The van der Waals surface area contributed by atoms with Crippen molar-refractivity contribution in [3.05, 3.63) is 11.6 Å². The largest absolute Gasteiger partial charge is 0.118 e. The van der Waals surface area contributed by atoms with Crippen molar-refractivity contribution in [3.8, 4) is 0 Å². The van der Waals surface area contributed by atoms with Crippen molar-refractivity contribution in [1.29, 1.82) is 0 Å². The highest BCUT2D eigenvalue weighted by Gasteiger charge is 2.17. The monoisotopic (exact) mass is 200 g/mol. The van der Waals surface area contributed by atoms with E-state index in [2.05, 4.69) is 26.8 Å². The molecule has 0 aromatic rings. The number of allylic oxidation sites excluding steroid dienone is 2. The lowest BCUT2D eigenvalue weighted by molar-refractivity contribution is 0.486. The van der Waals surface area contributed by atoms with Crippen molar-refractivity contribution in [1.82, 2.24) is 0 Å². The van der Waals surface area contributed by atoms with Gasteiger partial charge in [-0.05, 0) is 37.5 Å². The standard InChI is InChI=1S/C12H21Cl/c1-9(2)4-5-11-6-10(3)7-12(13)8-11/h8-10,12H,4-7H2,1-3H3. The van der Waals surface area contributed by atoms with Gasteiger partial charge in [-0.3, -0.25) is 0 Å². The van der Waals surface area contributed by atoms with E-state index in [9.17, 15) is 0 Å². The van der Waals surface area contributed by atoms with E-state index in [4.69, 9.17) is 11.6 Å². The molecule has 0 saturated heterocycles. The second kappa shape index (κ2) is 5.05. The van der Waals surface area contributed by atoms with Crippen LogP contribution < -0.4 is 0 Å². The first kappa shape index (κ1) is 11.1. The first-order chi connectivity index (χ1) is 6.08. The minimum absolute atomic E-state index is 0.297. The van der Waals surface area contributed by atoms with Crippen LogP contribution in [0.15, 0.2) is 11.6 Å². The van der Waals surface area contributed by atoms with Gasteiger partial charge < -0.3 is 0 Å². The van der Waals surface area contributed by atoms with Crippen LogP contribution in [0.2, 0.25) is 0 Å². The molecule has 0 aromatic heterocycles. The molecule has 1 aliphatic rings. The number of halogens is 1. The summed E-state index contributed by atoms with van der Waals surface area (Å²) in [6, 6.07) is 0. The molecule has 0 saturated carbocycles. The number of hydrogen-bond donors (Lipinski definition) is 0. The van der Waals surface area contributed by atoms with Gasteiger partial charge in [-0.15, -0.1) is 11.6 Å². The van der Waals surface area contributed by atoms with Gasteiger partial charge >= 0.3 is 0 Å². The van der Waals surface area contributed by atoms with Crippen LogP contribution in [0.4, 0.5) is 0 Å². The molecule has 0 aromatic carbocycles. The minimum Gasteiger partial charge on any atom is -0.118 e. The average Bonchev–Trinajstić information content (AvgIpc) is 1.99. The van der Waals surface area contributed by atoms with Gasteiger partial charge in [-0.25, -0.2) is 0 Å². The van der Waals surface area contributed by atoms with Crippen molar-refractivity contribution >= 4 is 11.6 Å². The Morgan fingerprint density at radius 2 is 2.23 bits per heavy atom. The molecule has 0 radical (unpaired) electrons. The Morgan fingerprint density at radius 3 is 2.77 bits per heavy atom. The third kappa shape index (κ3) is 4.17. The molecule has 0 bridgehead atoms. The van der Waals surface area contributed by atoms with Crippen LogP contribution in [0.3, 0.4) is 0 Å². The van der Waals surface area contributed by atoms with Gasteiger partial charge in [0.2, 0.25) is 0 Å². The molecular formula is C12H21Cl. The fourth-order valence-electron chi connectivity index (χ4n) is 1.97. The van der Waals surface area contributed by atoms with Crippen LogP contribution in [0.5, 0.6) is 0 Å². The van der Waals surface area contributed by atoms with E-state index in [0.29, 0.717) is 5.38 Å². The zero-order chi connectivity index (χ0) is 9.84. The Bertz CT molecular complexity index is 182. The average molecular weight is 201 g/mol. The van der Waals surface area contributed by atoms with Gasteiger partial charge in [-0.1, -0.05) is 32.4 Å². The lowest BCUT2D eigenvalue weighted by atomic mass is 9.87. The molecule has 0 heterocycles. The molecule has 0 amide bonds. The summed E-state index contributed by atoms with van der Waals surface area (Å²) in [6.45, 7) is 6.87. The maximum absolute atomic E-state index is 6.15. The zero-order valence-corrected chi connectivity index (χ0v) is 9.77. The molecule has 13 heavy (non-hydrogen) atoms. The van der Waals surface area contributed by atoms with Gasteiger partial charge in [0.05, 0.1) is 5.38 Å². The normalized spacial score (nSPS) is 29.2. The molecule has 0 N–H and O–H groups in total. The van der Waals surface area contributed by atoms with E-state index in [1.807, 2.05) is 0 Å². The Balaban J connectivity index is 2.40. The summed E-state index contributed by atoms with van der Waals surface area (Å²) < 4.78 is 0. The molecule has 1 aliphatic carbocycles. The highest BCUT2D eigenvalue weighted by molar-refractivity contribution is 6.21. The molecular weight excluding hydrogens is 180 g/mol. The predicted molar refractivity (Wildman–Crippen MR) is 60.2 cm³/mol. The molecule has 0 aliphatic heterocycles.